The molecular weight excluding hydrogens is 319 g/mol. The van der Waals surface area contributed by atoms with Gasteiger partial charge in [-0.1, -0.05) is 17.8 Å². The maximum Gasteiger partial charge on any atom is 0.191 e. The Bertz CT molecular complexity index is 559. The normalized spacial score (nSPS) is 10.6. The van der Waals surface area contributed by atoms with E-state index in [4.69, 9.17) is 11.5 Å². The second-order valence-electron chi connectivity index (χ2n) is 3.54. The maximum atomic E-state index is 13.1. The van der Waals surface area contributed by atoms with Gasteiger partial charge in [-0.15, -0.1) is 0 Å². The van der Waals surface area contributed by atoms with Gasteiger partial charge in [0.05, 0.1) is 4.47 Å². The molecule has 0 fully saturated rings. The molecule has 4 N–H and O–H groups in total. The quantitative estimate of drug-likeness (QED) is 0.669. The number of benzene rings is 1. The fourth-order valence-electron chi connectivity index (χ4n) is 1.30. The summed E-state index contributed by atoms with van der Waals surface area (Å²) in [4.78, 5) is 8.11. The van der Waals surface area contributed by atoms with Crippen molar-refractivity contribution >= 4 is 39.3 Å². The Labute approximate surface area is 116 Å². The van der Waals surface area contributed by atoms with E-state index in [0.717, 1.165) is 5.56 Å². The molecule has 2 aromatic rings. The van der Waals surface area contributed by atoms with Gasteiger partial charge in [-0.05, 0) is 33.6 Å². The van der Waals surface area contributed by atoms with E-state index in [0.29, 0.717) is 27.0 Å². The first kappa shape index (κ1) is 13.1. The Morgan fingerprint density at radius 1 is 1.17 bits per heavy atom. The van der Waals surface area contributed by atoms with Crippen molar-refractivity contribution in [3.8, 4) is 0 Å². The summed E-state index contributed by atoms with van der Waals surface area (Å²) in [7, 11) is 0. The highest BCUT2D eigenvalue weighted by atomic mass is 79.9. The molecule has 0 spiro atoms. The fourth-order valence-corrected chi connectivity index (χ4v) is 2.55. The number of nitrogens with two attached hydrogens (primary N) is 2. The molecule has 0 aliphatic heterocycles. The molecule has 2 rings (SSSR count). The summed E-state index contributed by atoms with van der Waals surface area (Å²) in [6.07, 6.45) is 0. The Hall–Kier alpha value is -1.34. The predicted molar refractivity (Wildman–Crippen MR) is 74.5 cm³/mol. The number of nitrogens with zero attached hydrogens (tertiary/aromatic N) is 2. The third-order valence-corrected chi connectivity index (χ3v) is 3.62. The molecular formula is C11H10BrFN4S. The summed E-state index contributed by atoms with van der Waals surface area (Å²) < 4.78 is 13.5. The number of halogens is 2. The van der Waals surface area contributed by atoms with Crippen LogP contribution in [0.25, 0.3) is 0 Å². The van der Waals surface area contributed by atoms with Crippen LogP contribution in [-0.2, 0) is 5.75 Å². The summed E-state index contributed by atoms with van der Waals surface area (Å²) in [5, 5.41) is 0.507. The lowest BCUT2D eigenvalue weighted by atomic mass is 10.2. The van der Waals surface area contributed by atoms with Crippen LogP contribution >= 0.6 is 27.7 Å². The minimum absolute atomic E-state index is 0.284. The van der Waals surface area contributed by atoms with Crippen LogP contribution in [0.15, 0.2) is 33.9 Å². The molecule has 0 amide bonds. The second-order valence-corrected chi connectivity index (χ2v) is 5.33. The molecule has 0 saturated heterocycles. The number of thioether (sulfide) groups is 1. The molecule has 0 unspecified atom stereocenters. The Kier molecular flexibility index (Phi) is 4.03. The first-order chi connectivity index (χ1) is 8.54. The number of rotatable bonds is 3. The van der Waals surface area contributed by atoms with Crippen molar-refractivity contribution in [2.45, 2.75) is 10.9 Å². The van der Waals surface area contributed by atoms with Crippen LogP contribution in [0.4, 0.5) is 16.0 Å². The van der Waals surface area contributed by atoms with Crippen molar-refractivity contribution < 1.29 is 4.39 Å². The van der Waals surface area contributed by atoms with Crippen LogP contribution in [0.3, 0.4) is 0 Å². The van der Waals surface area contributed by atoms with E-state index in [1.54, 1.807) is 12.1 Å². The zero-order valence-electron chi connectivity index (χ0n) is 9.23. The first-order valence-electron chi connectivity index (χ1n) is 5.01. The predicted octanol–water partition coefficient (Wildman–Crippen LogP) is 2.83. The number of nitrogen functional groups attached to an aromatic ring is 2. The van der Waals surface area contributed by atoms with Crippen LogP contribution in [0.1, 0.15) is 5.56 Å². The number of anilines is 2. The van der Waals surface area contributed by atoms with Crippen LogP contribution in [0.5, 0.6) is 0 Å². The smallest absolute Gasteiger partial charge is 0.191 e. The van der Waals surface area contributed by atoms with Crippen molar-refractivity contribution in [3.63, 3.8) is 0 Å². The molecule has 1 aromatic heterocycles. The van der Waals surface area contributed by atoms with Gasteiger partial charge >= 0.3 is 0 Å². The maximum absolute atomic E-state index is 13.1. The molecule has 1 heterocycles. The summed E-state index contributed by atoms with van der Waals surface area (Å²) in [5.41, 5.74) is 12.1. The number of aromatic nitrogens is 2. The summed E-state index contributed by atoms with van der Waals surface area (Å²) in [5.74, 6) is 1.01. The van der Waals surface area contributed by atoms with Crippen LogP contribution < -0.4 is 11.5 Å². The zero-order chi connectivity index (χ0) is 13.1. The SMILES string of the molecule is Nc1cc(N)nc(SCc2ccc(F)c(Br)c2)n1. The van der Waals surface area contributed by atoms with Crippen LogP contribution in [0, 0.1) is 5.82 Å². The van der Waals surface area contributed by atoms with Crippen molar-refractivity contribution in [2.24, 2.45) is 0 Å². The van der Waals surface area contributed by atoms with Gasteiger partial charge in [0.1, 0.15) is 17.5 Å². The van der Waals surface area contributed by atoms with E-state index < -0.39 is 0 Å². The fraction of sp³-hybridized carbons (Fsp3) is 0.0909. The highest BCUT2D eigenvalue weighted by molar-refractivity contribution is 9.10. The topological polar surface area (TPSA) is 77.8 Å². The Morgan fingerprint density at radius 2 is 1.83 bits per heavy atom. The van der Waals surface area contributed by atoms with Gasteiger partial charge < -0.3 is 11.5 Å². The van der Waals surface area contributed by atoms with Gasteiger partial charge in [-0.25, -0.2) is 14.4 Å². The molecule has 0 atom stereocenters. The number of hydrogen-bond acceptors (Lipinski definition) is 5. The Balaban J connectivity index is 2.08. The van der Waals surface area contributed by atoms with E-state index in [1.807, 2.05) is 0 Å². The minimum atomic E-state index is -0.284. The Morgan fingerprint density at radius 3 is 2.44 bits per heavy atom. The lowest BCUT2D eigenvalue weighted by Crippen LogP contribution is -1.99. The van der Waals surface area contributed by atoms with Gasteiger partial charge in [-0.2, -0.15) is 0 Å². The first-order valence-corrected chi connectivity index (χ1v) is 6.79. The molecule has 18 heavy (non-hydrogen) atoms. The molecule has 0 aliphatic rings. The van der Waals surface area contributed by atoms with E-state index in [1.165, 1.54) is 23.9 Å². The molecule has 0 aliphatic carbocycles. The molecule has 94 valence electrons. The van der Waals surface area contributed by atoms with Crippen LogP contribution in [0.2, 0.25) is 0 Å². The third kappa shape index (κ3) is 3.33. The van der Waals surface area contributed by atoms with Crippen molar-refractivity contribution in [1.29, 1.82) is 0 Å². The van der Waals surface area contributed by atoms with Gasteiger partial charge in [-0.3, -0.25) is 0 Å². The largest absolute Gasteiger partial charge is 0.383 e. The average Bonchev–Trinajstić information content (AvgIpc) is 2.29. The molecule has 7 heteroatoms. The van der Waals surface area contributed by atoms with E-state index >= 15 is 0 Å². The van der Waals surface area contributed by atoms with Gasteiger partial charge in [0, 0.05) is 11.8 Å². The highest BCUT2D eigenvalue weighted by Gasteiger charge is 2.04. The van der Waals surface area contributed by atoms with E-state index in [2.05, 4.69) is 25.9 Å². The highest BCUT2D eigenvalue weighted by Crippen LogP contribution is 2.24. The molecule has 0 radical (unpaired) electrons. The van der Waals surface area contributed by atoms with Crippen molar-refractivity contribution in [1.82, 2.24) is 9.97 Å². The minimum Gasteiger partial charge on any atom is -0.383 e. The monoisotopic (exact) mass is 328 g/mol. The average molecular weight is 329 g/mol. The molecule has 4 nitrogen and oxygen atoms in total. The van der Waals surface area contributed by atoms with Gasteiger partial charge in [0.25, 0.3) is 0 Å². The summed E-state index contributed by atoms with van der Waals surface area (Å²) >= 11 is 4.53. The summed E-state index contributed by atoms with van der Waals surface area (Å²) in [6.45, 7) is 0. The molecule has 1 aromatic carbocycles. The van der Waals surface area contributed by atoms with E-state index in [9.17, 15) is 4.39 Å². The lowest BCUT2D eigenvalue weighted by Gasteiger charge is -2.04. The van der Waals surface area contributed by atoms with Crippen molar-refractivity contribution in [2.75, 3.05) is 11.5 Å². The second kappa shape index (κ2) is 5.53. The van der Waals surface area contributed by atoms with E-state index in [-0.39, 0.29) is 5.82 Å². The third-order valence-electron chi connectivity index (χ3n) is 2.10. The lowest BCUT2D eigenvalue weighted by molar-refractivity contribution is 0.620. The van der Waals surface area contributed by atoms with Gasteiger partial charge in [0.2, 0.25) is 0 Å². The zero-order valence-corrected chi connectivity index (χ0v) is 11.6. The van der Waals surface area contributed by atoms with Gasteiger partial charge in [0.15, 0.2) is 5.16 Å². The van der Waals surface area contributed by atoms with Crippen molar-refractivity contribution in [3.05, 3.63) is 40.1 Å². The van der Waals surface area contributed by atoms with Crippen LogP contribution in [-0.4, -0.2) is 9.97 Å². The molecule has 0 saturated carbocycles. The summed E-state index contributed by atoms with van der Waals surface area (Å²) in [6, 6.07) is 6.34. The standard InChI is InChI=1S/C11H10BrFN4S/c12-7-3-6(1-2-8(7)13)5-18-11-16-9(14)4-10(15)17-11/h1-4H,5H2,(H4,14,15,16,17). The molecule has 0 bridgehead atoms. The number of hydrogen-bond donors (Lipinski definition) is 2.